The van der Waals surface area contributed by atoms with Crippen LogP contribution in [0, 0.1) is 11.3 Å². The zero-order valence-corrected chi connectivity index (χ0v) is 11.1. The summed E-state index contributed by atoms with van der Waals surface area (Å²) in [4.78, 5) is 28.3. The molecule has 1 amide bonds. The number of hydrogen-bond donors (Lipinski definition) is 1. The van der Waals surface area contributed by atoms with Crippen molar-refractivity contribution in [2.24, 2.45) is 0 Å². The van der Waals surface area contributed by atoms with Crippen molar-refractivity contribution >= 4 is 17.6 Å². The summed E-state index contributed by atoms with van der Waals surface area (Å²) >= 11 is 0. The van der Waals surface area contributed by atoms with Crippen molar-refractivity contribution in [2.45, 2.75) is 0 Å². The van der Waals surface area contributed by atoms with Crippen LogP contribution in [0.25, 0.3) is 0 Å². The van der Waals surface area contributed by atoms with Gasteiger partial charge in [-0.1, -0.05) is 0 Å². The summed E-state index contributed by atoms with van der Waals surface area (Å²) in [6.07, 6.45) is 1.33. The Bertz CT molecular complexity index is 715. The summed E-state index contributed by atoms with van der Waals surface area (Å²) in [5.41, 5.74) is 1.28. The number of carboxylic acids is 1. The molecule has 0 fully saturated rings. The molecule has 2 aromatic rings. The second-order valence-electron chi connectivity index (χ2n) is 4.26. The molecule has 6 heteroatoms. The lowest BCUT2D eigenvalue weighted by atomic mass is 10.2. The molecule has 0 saturated heterocycles. The molecule has 0 aliphatic rings. The highest BCUT2D eigenvalue weighted by Gasteiger charge is 2.15. The minimum atomic E-state index is -1.02. The smallest absolute Gasteiger partial charge is 0.335 e. The van der Waals surface area contributed by atoms with E-state index in [0.29, 0.717) is 11.3 Å². The molecule has 0 saturated carbocycles. The van der Waals surface area contributed by atoms with E-state index in [1.54, 1.807) is 19.2 Å². The first-order valence-electron chi connectivity index (χ1n) is 6.00. The number of amides is 1. The molecule has 0 aliphatic carbocycles. The molecule has 6 nitrogen and oxygen atoms in total. The van der Waals surface area contributed by atoms with Gasteiger partial charge in [0.25, 0.3) is 5.91 Å². The van der Waals surface area contributed by atoms with Crippen LogP contribution < -0.4 is 4.90 Å². The number of carbonyl (C=O) groups excluding carboxylic acids is 1. The number of carbonyl (C=O) groups is 2. The monoisotopic (exact) mass is 281 g/mol. The van der Waals surface area contributed by atoms with E-state index in [4.69, 9.17) is 10.4 Å². The Morgan fingerprint density at radius 1 is 1.19 bits per heavy atom. The Kier molecular flexibility index (Phi) is 3.95. The number of nitriles is 1. The maximum atomic E-state index is 12.2. The van der Waals surface area contributed by atoms with Crippen LogP contribution in [0.5, 0.6) is 0 Å². The van der Waals surface area contributed by atoms with E-state index < -0.39 is 5.97 Å². The van der Waals surface area contributed by atoms with Gasteiger partial charge in [0.1, 0.15) is 11.8 Å². The lowest BCUT2D eigenvalue weighted by molar-refractivity contribution is 0.0696. The molecule has 0 aliphatic heterocycles. The number of rotatable bonds is 3. The minimum absolute atomic E-state index is 0.149. The van der Waals surface area contributed by atoms with Gasteiger partial charge in [-0.3, -0.25) is 4.79 Å². The molecule has 1 aromatic carbocycles. The molecule has 0 bridgehead atoms. The van der Waals surface area contributed by atoms with Crippen molar-refractivity contribution in [2.75, 3.05) is 11.9 Å². The van der Waals surface area contributed by atoms with Gasteiger partial charge in [-0.2, -0.15) is 5.26 Å². The largest absolute Gasteiger partial charge is 0.478 e. The SMILES string of the molecule is CN(C(=O)c1ccc(C#N)cn1)c1ccc(C(=O)O)cc1. The molecule has 0 spiro atoms. The van der Waals surface area contributed by atoms with Crippen LogP contribution >= 0.6 is 0 Å². The summed E-state index contributed by atoms with van der Waals surface area (Å²) in [6, 6.07) is 10.9. The Morgan fingerprint density at radius 2 is 1.86 bits per heavy atom. The number of nitrogens with zero attached hydrogens (tertiary/aromatic N) is 3. The van der Waals surface area contributed by atoms with Gasteiger partial charge in [-0.05, 0) is 36.4 Å². The van der Waals surface area contributed by atoms with Crippen molar-refractivity contribution in [3.8, 4) is 6.07 Å². The van der Waals surface area contributed by atoms with Gasteiger partial charge in [0.2, 0.25) is 0 Å². The molecule has 2 rings (SSSR count). The van der Waals surface area contributed by atoms with E-state index in [1.807, 2.05) is 6.07 Å². The third kappa shape index (κ3) is 3.04. The topological polar surface area (TPSA) is 94.3 Å². The Hall–Kier alpha value is -3.20. The molecular formula is C15H11N3O3. The predicted octanol–water partition coefficient (Wildman–Crippen LogP) is 1.93. The molecule has 104 valence electrons. The molecule has 21 heavy (non-hydrogen) atoms. The number of pyridine rings is 1. The first-order valence-corrected chi connectivity index (χ1v) is 6.00. The van der Waals surface area contributed by atoms with Crippen LogP contribution in [0.2, 0.25) is 0 Å². The van der Waals surface area contributed by atoms with Gasteiger partial charge in [0, 0.05) is 18.9 Å². The van der Waals surface area contributed by atoms with Crippen molar-refractivity contribution in [1.29, 1.82) is 5.26 Å². The normalized spacial score (nSPS) is 9.71. The molecule has 1 aromatic heterocycles. The summed E-state index contributed by atoms with van der Waals surface area (Å²) in [7, 11) is 1.57. The summed E-state index contributed by atoms with van der Waals surface area (Å²) in [5.74, 6) is -1.37. The van der Waals surface area contributed by atoms with Gasteiger partial charge in [0.05, 0.1) is 11.1 Å². The van der Waals surface area contributed by atoms with E-state index in [9.17, 15) is 9.59 Å². The first-order chi connectivity index (χ1) is 10.0. The van der Waals surface area contributed by atoms with Gasteiger partial charge in [-0.25, -0.2) is 9.78 Å². The molecule has 0 atom stereocenters. The lowest BCUT2D eigenvalue weighted by Crippen LogP contribution is -2.27. The highest BCUT2D eigenvalue weighted by atomic mass is 16.4. The second kappa shape index (κ2) is 5.84. The average Bonchev–Trinajstić information content (AvgIpc) is 2.53. The maximum absolute atomic E-state index is 12.2. The molecule has 1 N–H and O–H groups in total. The van der Waals surface area contributed by atoms with E-state index >= 15 is 0 Å². The second-order valence-corrected chi connectivity index (χ2v) is 4.26. The number of benzene rings is 1. The fourth-order valence-corrected chi connectivity index (χ4v) is 1.70. The zero-order chi connectivity index (χ0) is 15.4. The highest BCUT2D eigenvalue weighted by molar-refractivity contribution is 6.04. The molecule has 1 heterocycles. The summed E-state index contributed by atoms with van der Waals surface area (Å²) in [6.45, 7) is 0. The van der Waals surface area contributed by atoms with Gasteiger partial charge >= 0.3 is 5.97 Å². The molecule has 0 unspecified atom stereocenters. The van der Waals surface area contributed by atoms with Crippen LogP contribution in [-0.4, -0.2) is 29.0 Å². The van der Waals surface area contributed by atoms with Crippen molar-refractivity contribution < 1.29 is 14.7 Å². The fraction of sp³-hybridized carbons (Fsp3) is 0.0667. The third-order valence-electron chi connectivity index (χ3n) is 2.92. The third-order valence-corrected chi connectivity index (χ3v) is 2.92. The van der Waals surface area contributed by atoms with Crippen LogP contribution in [0.3, 0.4) is 0 Å². The number of anilines is 1. The average molecular weight is 281 g/mol. The Labute approximate surface area is 120 Å². The maximum Gasteiger partial charge on any atom is 0.335 e. The quantitative estimate of drug-likeness (QED) is 0.927. The molecular weight excluding hydrogens is 270 g/mol. The first kappa shape index (κ1) is 14.2. The van der Waals surface area contributed by atoms with E-state index in [1.165, 1.54) is 35.4 Å². The Morgan fingerprint density at radius 3 is 2.33 bits per heavy atom. The Balaban J connectivity index is 2.21. The van der Waals surface area contributed by atoms with Crippen molar-refractivity contribution in [3.63, 3.8) is 0 Å². The van der Waals surface area contributed by atoms with Crippen LogP contribution in [-0.2, 0) is 0 Å². The van der Waals surface area contributed by atoms with Gasteiger partial charge in [0.15, 0.2) is 0 Å². The summed E-state index contributed by atoms with van der Waals surface area (Å²) < 4.78 is 0. The fourth-order valence-electron chi connectivity index (χ4n) is 1.70. The van der Waals surface area contributed by atoms with E-state index in [-0.39, 0.29) is 17.2 Å². The number of carboxylic acid groups (broad SMARTS) is 1. The summed E-state index contributed by atoms with van der Waals surface area (Å²) in [5, 5.41) is 17.5. The minimum Gasteiger partial charge on any atom is -0.478 e. The number of aromatic carboxylic acids is 1. The van der Waals surface area contributed by atoms with Gasteiger partial charge < -0.3 is 10.0 Å². The van der Waals surface area contributed by atoms with Crippen molar-refractivity contribution in [1.82, 2.24) is 4.98 Å². The number of hydrogen-bond acceptors (Lipinski definition) is 4. The predicted molar refractivity (Wildman–Crippen MR) is 75.1 cm³/mol. The van der Waals surface area contributed by atoms with E-state index in [2.05, 4.69) is 4.98 Å². The van der Waals surface area contributed by atoms with Crippen LogP contribution in [0.1, 0.15) is 26.4 Å². The lowest BCUT2D eigenvalue weighted by Gasteiger charge is -2.16. The zero-order valence-electron chi connectivity index (χ0n) is 11.1. The number of aromatic nitrogens is 1. The van der Waals surface area contributed by atoms with Crippen molar-refractivity contribution in [3.05, 3.63) is 59.4 Å². The van der Waals surface area contributed by atoms with Gasteiger partial charge in [-0.15, -0.1) is 0 Å². The van der Waals surface area contributed by atoms with E-state index in [0.717, 1.165) is 0 Å². The molecule has 0 radical (unpaired) electrons. The standard InChI is InChI=1S/C15H11N3O3/c1-18(12-5-3-11(4-6-12)15(20)21)14(19)13-7-2-10(8-16)9-17-13/h2-7,9H,1H3,(H,20,21). The highest BCUT2D eigenvalue weighted by Crippen LogP contribution is 2.16. The van der Waals surface area contributed by atoms with Crippen LogP contribution in [0.4, 0.5) is 5.69 Å². The van der Waals surface area contributed by atoms with Crippen LogP contribution in [0.15, 0.2) is 42.6 Å².